The zero-order valence-corrected chi connectivity index (χ0v) is 20.6. The van der Waals surface area contributed by atoms with Crippen LogP contribution in [-0.4, -0.2) is 33.4 Å². The molecule has 0 radical (unpaired) electrons. The first kappa shape index (κ1) is 25.3. The van der Waals surface area contributed by atoms with E-state index in [-0.39, 0.29) is 11.5 Å². The number of halogens is 1. The van der Waals surface area contributed by atoms with E-state index in [1.807, 2.05) is 6.92 Å². The Hall–Kier alpha value is -3.36. The Morgan fingerprint density at radius 2 is 1.62 bits per heavy atom. The molecular weight excluding hydrogens is 476 g/mol. The van der Waals surface area contributed by atoms with Gasteiger partial charge in [-0.2, -0.15) is 0 Å². The number of hydrogen-bond donors (Lipinski definition) is 1. The van der Waals surface area contributed by atoms with Crippen LogP contribution >= 0.6 is 11.6 Å². The summed E-state index contributed by atoms with van der Waals surface area (Å²) in [5.74, 6) is -1.01. The summed E-state index contributed by atoms with van der Waals surface area (Å²) in [5, 5.41) is 3.14. The molecule has 0 aliphatic rings. The maximum absolute atomic E-state index is 13.5. The standard InChI is InChI=1S/C25H25ClN2O5S/c1-4-33-25(30)19-7-10-21(11-8-19)27-24(29)16-28(23-14-9-20(26)15-18(23)3)34(31,32)22-12-5-17(2)6-13-22/h5-15H,4,16H2,1-3H3,(H,27,29). The lowest BCUT2D eigenvalue weighted by Crippen LogP contribution is -2.38. The van der Waals surface area contributed by atoms with Gasteiger partial charge in [0.05, 0.1) is 22.8 Å². The van der Waals surface area contributed by atoms with E-state index in [9.17, 15) is 18.0 Å². The van der Waals surface area contributed by atoms with Crippen molar-refractivity contribution in [1.82, 2.24) is 0 Å². The molecule has 0 aromatic heterocycles. The summed E-state index contributed by atoms with van der Waals surface area (Å²) < 4.78 is 33.0. The molecule has 0 aliphatic carbocycles. The molecule has 1 N–H and O–H groups in total. The van der Waals surface area contributed by atoms with Gasteiger partial charge in [-0.3, -0.25) is 9.10 Å². The highest BCUT2D eigenvalue weighted by Crippen LogP contribution is 2.29. The summed E-state index contributed by atoms with van der Waals surface area (Å²) in [6.45, 7) is 5.10. The van der Waals surface area contributed by atoms with Gasteiger partial charge < -0.3 is 10.1 Å². The molecule has 0 fully saturated rings. The maximum Gasteiger partial charge on any atom is 0.338 e. The quantitative estimate of drug-likeness (QED) is 0.441. The van der Waals surface area contributed by atoms with Crippen molar-refractivity contribution in [3.05, 3.63) is 88.4 Å². The van der Waals surface area contributed by atoms with Crippen molar-refractivity contribution in [3.8, 4) is 0 Å². The van der Waals surface area contributed by atoms with Gasteiger partial charge >= 0.3 is 5.97 Å². The Morgan fingerprint density at radius 1 is 0.971 bits per heavy atom. The van der Waals surface area contributed by atoms with Crippen molar-refractivity contribution in [2.24, 2.45) is 0 Å². The number of ether oxygens (including phenoxy) is 1. The van der Waals surface area contributed by atoms with E-state index in [0.29, 0.717) is 27.5 Å². The van der Waals surface area contributed by atoms with Crippen molar-refractivity contribution in [1.29, 1.82) is 0 Å². The van der Waals surface area contributed by atoms with E-state index >= 15 is 0 Å². The Labute approximate surface area is 204 Å². The summed E-state index contributed by atoms with van der Waals surface area (Å²) in [5.41, 5.74) is 2.63. The van der Waals surface area contributed by atoms with Crippen molar-refractivity contribution in [2.75, 3.05) is 22.8 Å². The first-order chi connectivity index (χ1) is 16.1. The highest BCUT2D eigenvalue weighted by atomic mass is 35.5. The molecule has 9 heteroatoms. The molecule has 0 heterocycles. The van der Waals surface area contributed by atoms with Crippen LogP contribution in [0.2, 0.25) is 5.02 Å². The number of esters is 1. The molecule has 0 saturated heterocycles. The van der Waals surface area contributed by atoms with Gasteiger partial charge in [-0.05, 0) is 80.9 Å². The third-order valence-electron chi connectivity index (χ3n) is 5.00. The topological polar surface area (TPSA) is 92.8 Å². The van der Waals surface area contributed by atoms with Crippen LogP contribution in [0.15, 0.2) is 71.6 Å². The average molecular weight is 501 g/mol. The van der Waals surface area contributed by atoms with Crippen molar-refractivity contribution < 1.29 is 22.7 Å². The minimum absolute atomic E-state index is 0.0686. The normalized spacial score (nSPS) is 11.1. The van der Waals surface area contributed by atoms with Gasteiger partial charge in [-0.1, -0.05) is 29.3 Å². The molecule has 0 atom stereocenters. The van der Waals surface area contributed by atoms with E-state index in [1.54, 1.807) is 56.3 Å². The first-order valence-corrected chi connectivity index (χ1v) is 12.4. The predicted octanol–water partition coefficient (Wildman–Crippen LogP) is 4.97. The Bertz CT molecular complexity index is 1290. The monoisotopic (exact) mass is 500 g/mol. The van der Waals surface area contributed by atoms with Crippen LogP contribution in [-0.2, 0) is 19.6 Å². The van der Waals surface area contributed by atoms with Gasteiger partial charge in [-0.15, -0.1) is 0 Å². The number of anilines is 2. The Kier molecular flexibility index (Phi) is 7.96. The second kappa shape index (κ2) is 10.7. The Balaban J connectivity index is 1.89. The number of amides is 1. The molecule has 0 bridgehead atoms. The summed E-state index contributed by atoms with van der Waals surface area (Å²) >= 11 is 6.06. The molecule has 0 unspecified atom stereocenters. The molecule has 0 saturated carbocycles. The second-order valence-electron chi connectivity index (χ2n) is 7.60. The van der Waals surface area contributed by atoms with Gasteiger partial charge in [-0.25, -0.2) is 13.2 Å². The van der Waals surface area contributed by atoms with E-state index in [0.717, 1.165) is 9.87 Å². The molecule has 3 aromatic rings. The number of hydrogen-bond acceptors (Lipinski definition) is 5. The zero-order valence-electron chi connectivity index (χ0n) is 19.0. The van der Waals surface area contributed by atoms with Gasteiger partial charge in [0.15, 0.2) is 0 Å². The van der Waals surface area contributed by atoms with Gasteiger partial charge in [0.25, 0.3) is 10.0 Å². The lowest BCUT2D eigenvalue weighted by molar-refractivity contribution is -0.114. The Morgan fingerprint density at radius 3 is 2.21 bits per heavy atom. The second-order valence-corrected chi connectivity index (χ2v) is 9.90. The van der Waals surface area contributed by atoms with Crippen LogP contribution in [0.1, 0.15) is 28.4 Å². The molecule has 3 aromatic carbocycles. The van der Waals surface area contributed by atoms with Crippen LogP contribution in [0.5, 0.6) is 0 Å². The first-order valence-electron chi connectivity index (χ1n) is 10.5. The van der Waals surface area contributed by atoms with Gasteiger partial charge in [0.1, 0.15) is 6.54 Å². The van der Waals surface area contributed by atoms with E-state index in [2.05, 4.69) is 5.32 Å². The number of nitrogens with zero attached hydrogens (tertiary/aromatic N) is 1. The molecular formula is C25H25ClN2O5S. The minimum Gasteiger partial charge on any atom is -0.462 e. The molecule has 3 rings (SSSR count). The average Bonchev–Trinajstić information content (AvgIpc) is 2.79. The molecule has 1 amide bonds. The minimum atomic E-state index is -4.05. The third-order valence-corrected chi connectivity index (χ3v) is 7.01. The lowest BCUT2D eigenvalue weighted by atomic mass is 10.2. The molecule has 178 valence electrons. The van der Waals surface area contributed by atoms with Crippen LogP contribution in [0, 0.1) is 13.8 Å². The largest absolute Gasteiger partial charge is 0.462 e. The number of carbonyl (C=O) groups excluding carboxylic acids is 2. The number of nitrogens with one attached hydrogen (secondary N) is 1. The van der Waals surface area contributed by atoms with Crippen LogP contribution in [0.4, 0.5) is 11.4 Å². The van der Waals surface area contributed by atoms with Gasteiger partial charge in [0.2, 0.25) is 5.91 Å². The fourth-order valence-corrected chi connectivity index (χ4v) is 4.98. The fourth-order valence-electron chi connectivity index (χ4n) is 3.27. The number of aryl methyl sites for hydroxylation is 2. The van der Waals surface area contributed by atoms with Crippen molar-refractivity contribution in [3.63, 3.8) is 0 Å². The zero-order chi connectivity index (χ0) is 24.9. The van der Waals surface area contributed by atoms with Gasteiger partial charge in [0, 0.05) is 10.7 Å². The van der Waals surface area contributed by atoms with Crippen molar-refractivity contribution >= 4 is 44.9 Å². The fraction of sp³-hybridized carbons (Fsp3) is 0.200. The molecule has 7 nitrogen and oxygen atoms in total. The van der Waals surface area contributed by atoms with Crippen LogP contribution < -0.4 is 9.62 Å². The van der Waals surface area contributed by atoms with Crippen LogP contribution in [0.25, 0.3) is 0 Å². The summed E-state index contributed by atoms with van der Waals surface area (Å²) in [7, 11) is -4.05. The summed E-state index contributed by atoms with van der Waals surface area (Å²) in [4.78, 5) is 24.8. The van der Waals surface area contributed by atoms with Crippen LogP contribution in [0.3, 0.4) is 0 Å². The van der Waals surface area contributed by atoms with E-state index in [4.69, 9.17) is 16.3 Å². The third kappa shape index (κ3) is 5.95. The SMILES string of the molecule is CCOC(=O)c1ccc(NC(=O)CN(c2ccc(Cl)cc2C)S(=O)(=O)c2ccc(C)cc2)cc1. The summed E-state index contributed by atoms with van der Waals surface area (Å²) in [6.07, 6.45) is 0. The highest BCUT2D eigenvalue weighted by molar-refractivity contribution is 7.92. The number of sulfonamides is 1. The van der Waals surface area contributed by atoms with E-state index < -0.39 is 28.4 Å². The maximum atomic E-state index is 13.5. The number of carbonyl (C=O) groups is 2. The predicted molar refractivity (Wildman–Crippen MR) is 133 cm³/mol. The molecule has 34 heavy (non-hydrogen) atoms. The lowest BCUT2D eigenvalue weighted by Gasteiger charge is -2.26. The molecule has 0 aliphatic heterocycles. The number of rotatable bonds is 8. The highest BCUT2D eigenvalue weighted by Gasteiger charge is 2.28. The van der Waals surface area contributed by atoms with Crippen molar-refractivity contribution in [2.45, 2.75) is 25.7 Å². The van der Waals surface area contributed by atoms with E-state index in [1.165, 1.54) is 24.3 Å². The smallest absolute Gasteiger partial charge is 0.338 e. The number of benzene rings is 3. The molecule has 0 spiro atoms. The summed E-state index contributed by atoms with van der Waals surface area (Å²) in [6, 6.07) is 17.4.